The van der Waals surface area contributed by atoms with Crippen LogP contribution in [0.1, 0.15) is 13.8 Å². The minimum Gasteiger partial charge on any atom is -0.480 e. The van der Waals surface area contributed by atoms with Gasteiger partial charge in [-0.3, -0.25) is 4.55 Å². The lowest BCUT2D eigenvalue weighted by molar-refractivity contribution is 0.214. The van der Waals surface area contributed by atoms with Crippen molar-refractivity contribution < 1.29 is 17.7 Å². The molecule has 10 heavy (non-hydrogen) atoms. The van der Waals surface area contributed by atoms with E-state index in [0.29, 0.717) is 0 Å². The summed E-state index contributed by atoms with van der Waals surface area (Å²) in [4.78, 5) is 0. The average molecular weight is 166 g/mol. The second-order valence-corrected chi connectivity index (χ2v) is 3.38. The van der Waals surface area contributed by atoms with Crippen LogP contribution < -0.4 is 0 Å². The zero-order valence-corrected chi connectivity index (χ0v) is 6.63. The van der Waals surface area contributed by atoms with E-state index in [1.165, 1.54) is 19.3 Å². The van der Waals surface area contributed by atoms with Gasteiger partial charge < -0.3 is 4.74 Å². The third-order valence-corrected chi connectivity index (χ3v) is 1.78. The van der Waals surface area contributed by atoms with Crippen molar-refractivity contribution >= 4 is 10.1 Å². The van der Waals surface area contributed by atoms with E-state index in [1.807, 2.05) is 0 Å². The summed E-state index contributed by atoms with van der Waals surface area (Å²) in [7, 11) is -4.05. The second-order valence-electron chi connectivity index (χ2n) is 1.69. The number of rotatable bonds is 3. The lowest BCUT2D eigenvalue weighted by Gasteiger charge is -2.05. The number of hydrogen-bond acceptors (Lipinski definition) is 3. The molecule has 1 atom stereocenters. The summed E-state index contributed by atoms with van der Waals surface area (Å²) >= 11 is 0. The van der Waals surface area contributed by atoms with Crippen LogP contribution in [0.3, 0.4) is 0 Å². The topological polar surface area (TPSA) is 63.6 Å². The Hall–Kier alpha value is -0.550. The van der Waals surface area contributed by atoms with E-state index in [2.05, 4.69) is 4.74 Å². The molecule has 1 N–H and O–H groups in total. The fraction of sp³-hybridized carbons (Fsp3) is 0.600. The molecule has 0 aromatic heterocycles. The molecular weight excluding hydrogens is 156 g/mol. The first-order valence-electron chi connectivity index (χ1n) is 2.71. The monoisotopic (exact) mass is 166 g/mol. The fourth-order valence-corrected chi connectivity index (χ4v) is 0.464. The predicted molar refractivity (Wildman–Crippen MR) is 36.9 cm³/mol. The van der Waals surface area contributed by atoms with Crippen molar-refractivity contribution in [2.24, 2.45) is 0 Å². The highest BCUT2D eigenvalue weighted by Crippen LogP contribution is 1.98. The summed E-state index contributed by atoms with van der Waals surface area (Å²) in [5.41, 5.74) is -1.19. The molecule has 0 heterocycles. The first-order valence-corrected chi connectivity index (χ1v) is 4.21. The third kappa shape index (κ3) is 3.47. The van der Waals surface area contributed by atoms with E-state index < -0.39 is 15.6 Å². The van der Waals surface area contributed by atoms with Crippen molar-refractivity contribution in [3.05, 3.63) is 12.3 Å². The van der Waals surface area contributed by atoms with E-state index in [4.69, 9.17) is 4.55 Å². The summed E-state index contributed by atoms with van der Waals surface area (Å²) in [6, 6.07) is 0. The average Bonchev–Trinajstić information content (AvgIpc) is 1.80. The Kier molecular flexibility index (Phi) is 3.38. The molecule has 0 aromatic rings. The van der Waals surface area contributed by atoms with Gasteiger partial charge in [0.2, 0.25) is 5.44 Å². The van der Waals surface area contributed by atoms with Gasteiger partial charge in [-0.2, -0.15) is 8.42 Å². The predicted octanol–water partition coefficient (Wildman–Crippen LogP) is 0.770. The molecule has 0 saturated carbocycles. The molecule has 0 radical (unpaired) electrons. The lowest BCUT2D eigenvalue weighted by Crippen LogP contribution is -2.17. The maximum atomic E-state index is 10.2. The molecule has 0 bridgehead atoms. The van der Waals surface area contributed by atoms with Gasteiger partial charge in [0.25, 0.3) is 0 Å². The van der Waals surface area contributed by atoms with Gasteiger partial charge in [-0.15, -0.1) is 0 Å². The second kappa shape index (κ2) is 3.58. The van der Waals surface area contributed by atoms with Crippen LogP contribution in [0.2, 0.25) is 0 Å². The highest BCUT2D eigenvalue weighted by Gasteiger charge is 2.16. The van der Waals surface area contributed by atoms with Crippen molar-refractivity contribution in [1.29, 1.82) is 0 Å². The van der Waals surface area contributed by atoms with E-state index in [-0.39, 0.29) is 0 Å². The van der Waals surface area contributed by atoms with Crippen molar-refractivity contribution in [1.82, 2.24) is 0 Å². The lowest BCUT2D eigenvalue weighted by atomic mass is 10.7. The molecule has 5 heteroatoms. The van der Waals surface area contributed by atoms with E-state index in [1.54, 1.807) is 6.92 Å². The molecule has 4 nitrogen and oxygen atoms in total. The van der Waals surface area contributed by atoms with Crippen LogP contribution in [0, 0.1) is 0 Å². The Balaban J connectivity index is 3.99. The minimum absolute atomic E-state index is 1.19. The highest BCUT2D eigenvalue weighted by atomic mass is 32.2. The van der Waals surface area contributed by atoms with Gasteiger partial charge in [-0.25, -0.2) is 0 Å². The van der Waals surface area contributed by atoms with E-state index in [9.17, 15) is 8.42 Å². The Labute approximate surface area is 60.3 Å². The molecule has 0 aliphatic carbocycles. The van der Waals surface area contributed by atoms with Crippen LogP contribution >= 0.6 is 0 Å². The molecule has 0 fully saturated rings. The summed E-state index contributed by atoms with van der Waals surface area (Å²) < 4.78 is 33.3. The van der Waals surface area contributed by atoms with Gasteiger partial charge >= 0.3 is 10.1 Å². The van der Waals surface area contributed by atoms with Crippen LogP contribution in [-0.2, 0) is 14.9 Å². The summed E-state index contributed by atoms with van der Waals surface area (Å²) in [5.74, 6) is 0. The summed E-state index contributed by atoms with van der Waals surface area (Å²) in [6.45, 7) is 2.92. The van der Waals surface area contributed by atoms with Crippen LogP contribution in [0.4, 0.5) is 0 Å². The summed E-state index contributed by atoms with van der Waals surface area (Å²) in [5, 5.41) is 0. The summed E-state index contributed by atoms with van der Waals surface area (Å²) in [6.07, 6.45) is 2.74. The van der Waals surface area contributed by atoms with E-state index in [0.717, 1.165) is 0 Å². The Bertz CT molecular complexity index is 204. The zero-order chi connectivity index (χ0) is 8.20. The van der Waals surface area contributed by atoms with Gasteiger partial charge in [-0.05, 0) is 13.8 Å². The standard InChI is InChI=1S/C5H10O4S/c1-3-4-9-5(2)10(6,7)8/h3-5H,1-2H3,(H,6,7,8). The first-order chi connectivity index (χ1) is 4.48. The smallest absolute Gasteiger partial charge is 0.303 e. The molecule has 1 unspecified atom stereocenters. The largest absolute Gasteiger partial charge is 0.480 e. The molecule has 0 amide bonds. The van der Waals surface area contributed by atoms with Crippen molar-refractivity contribution in [3.8, 4) is 0 Å². The maximum absolute atomic E-state index is 10.2. The number of allylic oxidation sites excluding steroid dienone is 1. The highest BCUT2D eigenvalue weighted by molar-refractivity contribution is 7.86. The zero-order valence-electron chi connectivity index (χ0n) is 5.81. The van der Waals surface area contributed by atoms with Crippen LogP contribution in [0.5, 0.6) is 0 Å². The van der Waals surface area contributed by atoms with Gasteiger partial charge in [-0.1, -0.05) is 6.08 Å². The fourth-order valence-electron chi connectivity index (χ4n) is 0.259. The normalized spacial score (nSPS) is 15.5. The Morgan fingerprint density at radius 3 is 2.40 bits per heavy atom. The van der Waals surface area contributed by atoms with Gasteiger partial charge in [0, 0.05) is 0 Å². The number of ether oxygens (including phenoxy) is 1. The van der Waals surface area contributed by atoms with Crippen molar-refractivity contribution in [2.45, 2.75) is 19.3 Å². The molecule has 60 valence electrons. The molecular formula is C5H10O4S. The minimum atomic E-state index is -4.05. The molecule has 0 aliphatic heterocycles. The Morgan fingerprint density at radius 1 is 1.60 bits per heavy atom. The van der Waals surface area contributed by atoms with Crippen LogP contribution in [-0.4, -0.2) is 18.4 Å². The van der Waals surface area contributed by atoms with Crippen LogP contribution in [0.25, 0.3) is 0 Å². The molecule has 0 rings (SSSR count). The van der Waals surface area contributed by atoms with E-state index >= 15 is 0 Å². The maximum Gasteiger partial charge on any atom is 0.303 e. The quantitative estimate of drug-likeness (QED) is 0.497. The van der Waals surface area contributed by atoms with Crippen molar-refractivity contribution in [2.75, 3.05) is 0 Å². The van der Waals surface area contributed by atoms with Gasteiger partial charge in [0.1, 0.15) is 0 Å². The first kappa shape index (κ1) is 9.45. The third-order valence-electron chi connectivity index (χ3n) is 0.826. The molecule has 0 aliphatic rings. The Morgan fingerprint density at radius 2 is 2.10 bits per heavy atom. The van der Waals surface area contributed by atoms with Crippen molar-refractivity contribution in [3.63, 3.8) is 0 Å². The SMILES string of the molecule is CC=COC(C)S(=O)(=O)O. The van der Waals surface area contributed by atoms with Gasteiger partial charge in [0.05, 0.1) is 6.26 Å². The molecule has 0 spiro atoms. The molecule has 0 aromatic carbocycles. The molecule has 0 saturated heterocycles. The number of hydrogen-bond donors (Lipinski definition) is 1. The van der Waals surface area contributed by atoms with Gasteiger partial charge in [0.15, 0.2) is 0 Å². The van der Waals surface area contributed by atoms with Crippen LogP contribution in [0.15, 0.2) is 12.3 Å².